The molecule has 2 nitrogen and oxygen atoms in total. The van der Waals surface area contributed by atoms with Gasteiger partial charge in [0.15, 0.2) is 5.60 Å². The maximum Gasteiger partial charge on any atom is 0.416 e. The predicted octanol–water partition coefficient (Wildman–Crippen LogP) is 3.75. The summed E-state index contributed by atoms with van der Waals surface area (Å²) in [7, 11) is 0. The fraction of sp³-hybridized carbons (Fsp3) is 1.00. The molecule has 0 aromatic rings. The summed E-state index contributed by atoms with van der Waals surface area (Å²) in [5.41, 5.74) is -1.80. The first-order valence-electron chi connectivity index (χ1n) is 7.19. The van der Waals surface area contributed by atoms with Gasteiger partial charge in [0.25, 0.3) is 0 Å². The number of ether oxygens (including phenoxy) is 1. The lowest BCUT2D eigenvalue weighted by molar-refractivity contribution is -0.266. The highest BCUT2D eigenvalue weighted by molar-refractivity contribution is 5.03. The SMILES string of the molecule is CC[C@@]12CCCN1[C@H](COC(C)(C)C(F)(F)F)CC2. The lowest BCUT2D eigenvalue weighted by atomic mass is 9.91. The van der Waals surface area contributed by atoms with Crippen LogP contribution in [0.1, 0.15) is 52.9 Å². The van der Waals surface area contributed by atoms with E-state index in [0.29, 0.717) is 0 Å². The minimum Gasteiger partial charge on any atom is -0.365 e. The molecule has 0 saturated carbocycles. The Morgan fingerprint density at radius 1 is 1.26 bits per heavy atom. The molecular weight excluding hydrogens is 255 g/mol. The van der Waals surface area contributed by atoms with Gasteiger partial charge in [0.1, 0.15) is 0 Å². The van der Waals surface area contributed by atoms with Gasteiger partial charge >= 0.3 is 6.18 Å². The van der Waals surface area contributed by atoms with E-state index >= 15 is 0 Å². The standard InChI is InChI=1S/C14H24F3NO/c1-4-13-7-5-9-18(13)11(6-8-13)10-19-12(2,3)14(15,16)17/h11H,4-10H2,1-3H3/t11-,13-/m0/s1. The average Bonchev–Trinajstić information content (AvgIpc) is 2.83. The molecule has 2 atom stereocenters. The molecule has 112 valence electrons. The van der Waals surface area contributed by atoms with Gasteiger partial charge in [-0.05, 0) is 52.5 Å². The van der Waals surface area contributed by atoms with Gasteiger partial charge in [-0.25, -0.2) is 0 Å². The summed E-state index contributed by atoms with van der Waals surface area (Å²) in [6, 6.07) is 0.157. The highest BCUT2D eigenvalue weighted by atomic mass is 19.4. The first-order chi connectivity index (χ1) is 8.72. The molecule has 2 saturated heterocycles. The van der Waals surface area contributed by atoms with Gasteiger partial charge in [-0.2, -0.15) is 13.2 Å². The highest BCUT2D eigenvalue weighted by Gasteiger charge is 2.51. The van der Waals surface area contributed by atoms with Crippen molar-refractivity contribution < 1.29 is 17.9 Å². The Morgan fingerprint density at radius 2 is 1.95 bits per heavy atom. The first-order valence-corrected chi connectivity index (χ1v) is 7.19. The highest BCUT2D eigenvalue weighted by Crippen LogP contribution is 2.45. The van der Waals surface area contributed by atoms with Crippen LogP contribution in [0.15, 0.2) is 0 Å². The van der Waals surface area contributed by atoms with E-state index in [9.17, 15) is 13.2 Å². The molecule has 2 heterocycles. The molecule has 5 heteroatoms. The Kier molecular flexibility index (Phi) is 3.91. The topological polar surface area (TPSA) is 12.5 Å². The zero-order valence-electron chi connectivity index (χ0n) is 12.0. The molecule has 0 aliphatic carbocycles. The first kappa shape index (κ1) is 15.1. The smallest absolute Gasteiger partial charge is 0.365 e. The summed E-state index contributed by atoms with van der Waals surface area (Å²) < 4.78 is 43.5. The monoisotopic (exact) mass is 279 g/mol. The zero-order chi connectivity index (χ0) is 14.3. The molecule has 2 rings (SSSR count). The van der Waals surface area contributed by atoms with Crippen molar-refractivity contribution in [1.82, 2.24) is 4.90 Å². The number of rotatable bonds is 4. The number of alkyl halides is 3. The van der Waals surface area contributed by atoms with Gasteiger partial charge in [0.05, 0.1) is 6.61 Å². The largest absolute Gasteiger partial charge is 0.416 e. The quantitative estimate of drug-likeness (QED) is 0.777. The number of hydrogen-bond acceptors (Lipinski definition) is 2. The van der Waals surface area contributed by atoms with Crippen LogP contribution in [-0.2, 0) is 4.74 Å². The third-order valence-electron chi connectivity index (χ3n) is 5.01. The van der Waals surface area contributed by atoms with Crippen LogP contribution in [0.2, 0.25) is 0 Å². The lowest BCUT2D eigenvalue weighted by Crippen LogP contribution is -2.47. The van der Waals surface area contributed by atoms with E-state index < -0.39 is 11.8 Å². The van der Waals surface area contributed by atoms with Crippen molar-refractivity contribution in [3.05, 3.63) is 0 Å². The zero-order valence-corrected chi connectivity index (χ0v) is 12.0. The van der Waals surface area contributed by atoms with E-state index in [0.717, 1.165) is 46.1 Å². The third kappa shape index (κ3) is 2.64. The van der Waals surface area contributed by atoms with Crippen LogP contribution in [0.5, 0.6) is 0 Å². The van der Waals surface area contributed by atoms with Crippen molar-refractivity contribution in [1.29, 1.82) is 0 Å². The Morgan fingerprint density at radius 3 is 2.53 bits per heavy atom. The van der Waals surface area contributed by atoms with Crippen LogP contribution in [-0.4, -0.2) is 41.4 Å². The summed E-state index contributed by atoms with van der Waals surface area (Å²) in [6.07, 6.45) is 1.19. The summed E-state index contributed by atoms with van der Waals surface area (Å²) in [6.45, 7) is 5.60. The molecule has 0 N–H and O–H groups in total. The minimum atomic E-state index is -4.31. The second-order valence-corrected chi connectivity index (χ2v) is 6.39. The lowest BCUT2D eigenvalue weighted by Gasteiger charge is -2.36. The number of halogens is 3. The van der Waals surface area contributed by atoms with E-state index in [4.69, 9.17) is 4.74 Å². The Balaban J connectivity index is 1.95. The molecule has 0 radical (unpaired) electrons. The van der Waals surface area contributed by atoms with Crippen LogP contribution >= 0.6 is 0 Å². The van der Waals surface area contributed by atoms with Gasteiger partial charge in [-0.15, -0.1) is 0 Å². The molecule has 2 fully saturated rings. The fourth-order valence-corrected chi connectivity index (χ4v) is 3.51. The molecule has 0 spiro atoms. The third-order valence-corrected chi connectivity index (χ3v) is 5.01. The minimum absolute atomic E-state index is 0.157. The van der Waals surface area contributed by atoms with Crippen molar-refractivity contribution in [2.24, 2.45) is 0 Å². The number of hydrogen-bond donors (Lipinski definition) is 0. The molecular formula is C14H24F3NO. The Bertz CT molecular complexity index is 329. The van der Waals surface area contributed by atoms with Crippen LogP contribution in [0, 0.1) is 0 Å². The van der Waals surface area contributed by atoms with Gasteiger partial charge in [-0.1, -0.05) is 6.92 Å². The molecule has 0 amide bonds. The van der Waals surface area contributed by atoms with Crippen molar-refractivity contribution in [2.45, 2.75) is 76.2 Å². The van der Waals surface area contributed by atoms with E-state index in [1.807, 2.05) is 0 Å². The summed E-state index contributed by atoms with van der Waals surface area (Å²) in [5, 5.41) is 0. The van der Waals surface area contributed by atoms with Crippen LogP contribution in [0.4, 0.5) is 13.2 Å². The molecule has 0 aromatic heterocycles. The van der Waals surface area contributed by atoms with Crippen molar-refractivity contribution in [3.63, 3.8) is 0 Å². The van der Waals surface area contributed by atoms with E-state index in [1.165, 1.54) is 6.42 Å². The average molecular weight is 279 g/mol. The molecule has 2 aliphatic heterocycles. The normalized spacial score (nSPS) is 32.8. The van der Waals surface area contributed by atoms with E-state index in [1.54, 1.807) is 0 Å². The van der Waals surface area contributed by atoms with Crippen LogP contribution in [0.25, 0.3) is 0 Å². The van der Waals surface area contributed by atoms with Gasteiger partial charge < -0.3 is 4.74 Å². The van der Waals surface area contributed by atoms with Gasteiger partial charge in [-0.3, -0.25) is 4.90 Å². The molecule has 0 aromatic carbocycles. The predicted molar refractivity (Wildman–Crippen MR) is 68.1 cm³/mol. The molecule has 2 aliphatic rings. The summed E-state index contributed by atoms with van der Waals surface area (Å²) in [5.74, 6) is 0. The Hall–Kier alpha value is -0.290. The van der Waals surface area contributed by atoms with E-state index in [2.05, 4.69) is 11.8 Å². The number of nitrogens with zero attached hydrogens (tertiary/aromatic N) is 1. The summed E-state index contributed by atoms with van der Waals surface area (Å²) >= 11 is 0. The van der Waals surface area contributed by atoms with Crippen LogP contribution in [0.3, 0.4) is 0 Å². The van der Waals surface area contributed by atoms with Crippen LogP contribution < -0.4 is 0 Å². The fourth-order valence-electron chi connectivity index (χ4n) is 3.51. The summed E-state index contributed by atoms with van der Waals surface area (Å²) in [4.78, 5) is 2.40. The van der Waals surface area contributed by atoms with E-state index in [-0.39, 0.29) is 18.2 Å². The van der Waals surface area contributed by atoms with Gasteiger partial charge in [0.2, 0.25) is 0 Å². The van der Waals surface area contributed by atoms with Crippen molar-refractivity contribution in [3.8, 4) is 0 Å². The number of fused-ring (bicyclic) bond motifs is 1. The molecule has 19 heavy (non-hydrogen) atoms. The maximum atomic E-state index is 12.8. The molecule has 0 unspecified atom stereocenters. The second-order valence-electron chi connectivity index (χ2n) is 6.39. The van der Waals surface area contributed by atoms with Crippen molar-refractivity contribution >= 4 is 0 Å². The second kappa shape index (κ2) is 4.92. The van der Waals surface area contributed by atoms with Crippen molar-refractivity contribution in [2.75, 3.05) is 13.2 Å². The maximum absolute atomic E-state index is 12.8. The molecule has 0 bridgehead atoms. The van der Waals surface area contributed by atoms with Gasteiger partial charge in [0, 0.05) is 11.6 Å². The Labute approximate surface area is 113 Å².